The first kappa shape index (κ1) is 22.3. The molecule has 0 saturated carbocycles. The molecular weight excluding hydrogens is 426 g/mol. The number of aliphatic carboxylic acids is 2. The molecule has 164 valence electrons. The summed E-state index contributed by atoms with van der Waals surface area (Å²) >= 11 is 1.47. The number of aryl methyl sites for hydroxylation is 1. The number of amidine groups is 1. The lowest BCUT2D eigenvalue weighted by Crippen LogP contribution is -2.51. The number of benzene rings is 1. The Hall–Kier alpha value is -3.41. The van der Waals surface area contributed by atoms with Crippen LogP contribution in [0, 0.1) is 0 Å². The molecule has 0 radical (unpaired) electrons. The van der Waals surface area contributed by atoms with Crippen LogP contribution in [-0.4, -0.2) is 68.8 Å². The van der Waals surface area contributed by atoms with E-state index in [4.69, 9.17) is 15.9 Å². The van der Waals surface area contributed by atoms with Gasteiger partial charge < -0.3 is 21.3 Å². The lowest BCUT2D eigenvalue weighted by Gasteiger charge is -2.28. The predicted molar refractivity (Wildman–Crippen MR) is 113 cm³/mol. The molecule has 2 aliphatic heterocycles. The molecule has 3 rings (SSSR count). The first-order valence-electron chi connectivity index (χ1n) is 9.42. The molecule has 0 bridgehead atoms. The zero-order valence-corrected chi connectivity index (χ0v) is 17.1. The van der Waals surface area contributed by atoms with E-state index in [2.05, 4.69) is 20.6 Å². The maximum absolute atomic E-state index is 12.4. The highest BCUT2D eigenvalue weighted by atomic mass is 32.2. The van der Waals surface area contributed by atoms with E-state index in [1.807, 2.05) is 6.07 Å². The quantitative estimate of drug-likeness (QED) is 0.356. The highest BCUT2D eigenvalue weighted by molar-refractivity contribution is 8.02. The number of carboxylic acid groups (broad SMARTS) is 2. The SMILES string of the molecule is NC1=NC2=NCC(CCc3cccc(C(=O)N[C@@H](CC(=O)O)C(=O)O)c3)SC2C(=O)N1. The van der Waals surface area contributed by atoms with Gasteiger partial charge in [0.05, 0.1) is 13.0 Å². The summed E-state index contributed by atoms with van der Waals surface area (Å²) in [5.41, 5.74) is 6.63. The van der Waals surface area contributed by atoms with Gasteiger partial charge in [-0.15, -0.1) is 11.8 Å². The summed E-state index contributed by atoms with van der Waals surface area (Å²) in [6, 6.07) is 5.16. The van der Waals surface area contributed by atoms with Crippen molar-refractivity contribution in [2.45, 2.75) is 35.8 Å². The van der Waals surface area contributed by atoms with Crippen LogP contribution in [0.4, 0.5) is 0 Å². The lowest BCUT2D eigenvalue weighted by molar-refractivity contribution is -0.145. The van der Waals surface area contributed by atoms with Gasteiger partial charge in [-0.25, -0.2) is 4.79 Å². The van der Waals surface area contributed by atoms with Crippen molar-refractivity contribution < 1.29 is 29.4 Å². The van der Waals surface area contributed by atoms with Crippen molar-refractivity contribution in [1.82, 2.24) is 10.6 Å². The number of rotatable bonds is 8. The third-order valence-corrected chi connectivity index (χ3v) is 6.14. The summed E-state index contributed by atoms with van der Waals surface area (Å²) < 4.78 is 0. The molecule has 2 aliphatic rings. The van der Waals surface area contributed by atoms with Crippen molar-refractivity contribution in [1.29, 1.82) is 0 Å². The number of amides is 2. The number of carbonyl (C=O) groups is 4. The van der Waals surface area contributed by atoms with Crippen LogP contribution in [0.2, 0.25) is 0 Å². The summed E-state index contributed by atoms with van der Waals surface area (Å²) in [6.45, 7) is 0.496. The van der Waals surface area contributed by atoms with Crippen LogP contribution in [0.25, 0.3) is 0 Å². The van der Waals surface area contributed by atoms with Gasteiger partial charge in [-0.2, -0.15) is 4.99 Å². The van der Waals surface area contributed by atoms with Gasteiger partial charge in [-0.1, -0.05) is 12.1 Å². The van der Waals surface area contributed by atoms with Crippen LogP contribution in [0.15, 0.2) is 34.3 Å². The highest BCUT2D eigenvalue weighted by Crippen LogP contribution is 2.29. The average molecular weight is 447 g/mol. The van der Waals surface area contributed by atoms with Crippen LogP contribution in [0.5, 0.6) is 0 Å². The minimum atomic E-state index is -1.52. The molecule has 2 heterocycles. The number of hydrogen-bond acceptors (Lipinski definition) is 8. The Kier molecular flexibility index (Phi) is 6.90. The Morgan fingerprint density at radius 1 is 1.32 bits per heavy atom. The number of carboxylic acids is 2. The molecule has 31 heavy (non-hydrogen) atoms. The van der Waals surface area contributed by atoms with Gasteiger partial charge >= 0.3 is 11.9 Å². The van der Waals surface area contributed by atoms with Gasteiger partial charge in [0.1, 0.15) is 17.1 Å². The first-order valence-corrected chi connectivity index (χ1v) is 10.4. The molecule has 0 spiro atoms. The highest BCUT2D eigenvalue weighted by Gasteiger charge is 2.35. The van der Waals surface area contributed by atoms with Crippen LogP contribution in [0.1, 0.15) is 28.8 Å². The number of hydrogen-bond donors (Lipinski definition) is 5. The Balaban J connectivity index is 1.60. The summed E-state index contributed by atoms with van der Waals surface area (Å²) in [4.78, 5) is 54.8. The maximum Gasteiger partial charge on any atom is 0.326 e. The van der Waals surface area contributed by atoms with Crippen LogP contribution >= 0.6 is 11.8 Å². The fourth-order valence-electron chi connectivity index (χ4n) is 3.16. The van der Waals surface area contributed by atoms with E-state index >= 15 is 0 Å². The van der Waals surface area contributed by atoms with E-state index in [-0.39, 0.29) is 22.7 Å². The topological polar surface area (TPSA) is 184 Å². The van der Waals surface area contributed by atoms with Crippen LogP contribution in [0.3, 0.4) is 0 Å². The second-order valence-electron chi connectivity index (χ2n) is 7.02. The molecule has 11 nitrogen and oxygen atoms in total. The van der Waals surface area contributed by atoms with E-state index in [0.29, 0.717) is 25.2 Å². The zero-order chi connectivity index (χ0) is 22.5. The van der Waals surface area contributed by atoms with Gasteiger partial charge in [0.15, 0.2) is 0 Å². The number of fused-ring (bicyclic) bond motifs is 1. The normalized spacial score (nSPS) is 21.1. The third kappa shape index (κ3) is 5.81. The monoisotopic (exact) mass is 447 g/mol. The van der Waals surface area contributed by atoms with Gasteiger partial charge in [0.25, 0.3) is 5.91 Å². The number of nitrogens with one attached hydrogen (secondary N) is 2. The fourth-order valence-corrected chi connectivity index (χ4v) is 4.39. The number of carbonyl (C=O) groups excluding carboxylic acids is 2. The summed E-state index contributed by atoms with van der Waals surface area (Å²) in [7, 11) is 0. The maximum atomic E-state index is 12.4. The van der Waals surface area contributed by atoms with E-state index in [9.17, 15) is 19.2 Å². The second kappa shape index (κ2) is 9.60. The van der Waals surface area contributed by atoms with Crippen LogP contribution in [-0.2, 0) is 20.8 Å². The zero-order valence-electron chi connectivity index (χ0n) is 16.3. The average Bonchev–Trinajstić information content (AvgIpc) is 2.71. The van der Waals surface area contributed by atoms with E-state index in [1.54, 1.807) is 12.1 Å². The Morgan fingerprint density at radius 3 is 2.81 bits per heavy atom. The molecule has 2 unspecified atom stereocenters. The summed E-state index contributed by atoms with van der Waals surface area (Å²) in [5, 5.41) is 22.2. The molecular formula is C19H21N5O6S. The number of nitrogens with two attached hydrogens (primary N) is 1. The minimum Gasteiger partial charge on any atom is -0.481 e. The van der Waals surface area contributed by atoms with E-state index in [0.717, 1.165) is 5.56 Å². The van der Waals surface area contributed by atoms with E-state index in [1.165, 1.54) is 17.8 Å². The molecule has 6 N–H and O–H groups in total. The minimum absolute atomic E-state index is 0.0441. The van der Waals surface area contributed by atoms with Gasteiger partial charge in [0, 0.05) is 10.8 Å². The van der Waals surface area contributed by atoms with E-state index < -0.39 is 35.6 Å². The fraction of sp³-hybridized carbons (Fsp3) is 0.368. The van der Waals surface area contributed by atoms with Crippen molar-refractivity contribution in [2.24, 2.45) is 15.7 Å². The Morgan fingerprint density at radius 2 is 2.10 bits per heavy atom. The van der Waals surface area contributed by atoms with Gasteiger partial charge in [0.2, 0.25) is 11.9 Å². The number of guanidine groups is 1. The van der Waals surface area contributed by atoms with Crippen molar-refractivity contribution in [3.05, 3.63) is 35.4 Å². The predicted octanol–water partition coefficient (Wildman–Crippen LogP) is -0.396. The molecule has 0 aliphatic carbocycles. The Bertz CT molecular complexity index is 978. The van der Waals surface area contributed by atoms with Crippen LogP contribution < -0.4 is 16.4 Å². The summed E-state index contributed by atoms with van der Waals surface area (Å²) in [5.74, 6) is -3.17. The molecule has 0 aromatic heterocycles. The number of aliphatic imine (C=N–C) groups is 2. The first-order chi connectivity index (χ1) is 14.7. The Labute approximate surface area is 181 Å². The van der Waals surface area contributed by atoms with Crippen molar-refractivity contribution in [3.63, 3.8) is 0 Å². The standard InChI is InChI=1S/C19H21N5O6S/c20-19-23-15-14(17(28)24-19)31-11(8-21-15)5-4-9-2-1-3-10(6-9)16(27)22-12(18(29)30)7-13(25)26/h1-3,6,11-12,14H,4-5,7-8H2,(H,22,27)(H,25,26)(H,29,30)(H3,20,21,23,24,28)/t11?,12-,14?/m0/s1. The molecule has 2 amide bonds. The number of nitrogens with zero attached hydrogens (tertiary/aromatic N) is 2. The van der Waals surface area contributed by atoms with Crippen molar-refractivity contribution in [3.8, 4) is 0 Å². The molecule has 12 heteroatoms. The third-order valence-electron chi connectivity index (χ3n) is 4.67. The lowest BCUT2D eigenvalue weighted by atomic mass is 10.0. The smallest absolute Gasteiger partial charge is 0.326 e. The van der Waals surface area contributed by atoms with Crippen molar-refractivity contribution >= 4 is 47.3 Å². The molecule has 3 atom stereocenters. The summed E-state index contributed by atoms with van der Waals surface area (Å²) in [6.07, 6.45) is 0.597. The molecule has 0 saturated heterocycles. The molecule has 1 aromatic rings. The molecule has 0 fully saturated rings. The van der Waals surface area contributed by atoms with Crippen molar-refractivity contribution in [2.75, 3.05) is 6.54 Å². The molecule has 1 aromatic carbocycles. The largest absolute Gasteiger partial charge is 0.481 e. The van der Waals surface area contributed by atoms with Gasteiger partial charge in [-0.05, 0) is 30.5 Å². The number of thioether (sulfide) groups is 1. The van der Waals surface area contributed by atoms with Gasteiger partial charge in [-0.3, -0.25) is 24.7 Å². The second-order valence-corrected chi connectivity index (χ2v) is 8.43.